The number of benzene rings is 1. The van der Waals surface area contributed by atoms with Gasteiger partial charge in [0.1, 0.15) is 6.10 Å². The van der Waals surface area contributed by atoms with Gasteiger partial charge < -0.3 is 33.7 Å². The molecule has 1 aliphatic heterocycles. The molecule has 2 aromatic carbocycles. The molecule has 11 nitrogen and oxygen atoms in total. The fourth-order valence-corrected chi connectivity index (χ4v) is 5.93. The van der Waals surface area contributed by atoms with Gasteiger partial charge in [-0.15, -0.1) is 0 Å². The van der Waals surface area contributed by atoms with Crippen LogP contribution in [0.5, 0.6) is 23.0 Å². The number of rotatable bonds is 15. The van der Waals surface area contributed by atoms with E-state index in [1.807, 2.05) is 12.1 Å². The number of carbonyl (C=O) groups is 3. The number of hydrogen-bond acceptors (Lipinski definition) is 10. The van der Waals surface area contributed by atoms with Crippen LogP contribution in [-0.4, -0.2) is 59.0 Å². The first-order valence-corrected chi connectivity index (χ1v) is 15.7. The number of esters is 2. The summed E-state index contributed by atoms with van der Waals surface area (Å²) < 4.78 is 32.9. The zero-order chi connectivity index (χ0) is 33.1. The van der Waals surface area contributed by atoms with E-state index in [-0.39, 0.29) is 48.0 Å². The Kier molecular flexibility index (Phi) is 12.4. The smallest absolute Gasteiger partial charge is 0.330 e. The van der Waals surface area contributed by atoms with Gasteiger partial charge in [0.05, 0.1) is 41.1 Å². The zero-order valence-corrected chi connectivity index (χ0v) is 27.0. The van der Waals surface area contributed by atoms with E-state index < -0.39 is 6.04 Å². The number of methoxy groups -OCH3 is 4. The molecule has 0 radical (unpaired) electrons. The first kappa shape index (κ1) is 34.3. The van der Waals surface area contributed by atoms with Crippen molar-refractivity contribution in [2.45, 2.75) is 76.4 Å². The summed E-state index contributed by atoms with van der Waals surface area (Å²) in [6, 6.07) is 6.32. The number of cyclic esters (lactones) is 1. The molecule has 1 amide bonds. The van der Waals surface area contributed by atoms with Crippen molar-refractivity contribution in [3.05, 3.63) is 57.8 Å². The van der Waals surface area contributed by atoms with Crippen LogP contribution in [0, 0.1) is 0 Å². The Balaban J connectivity index is 1.36. The van der Waals surface area contributed by atoms with E-state index in [0.29, 0.717) is 54.2 Å². The summed E-state index contributed by atoms with van der Waals surface area (Å²) in [4.78, 5) is 49.7. The number of aryl methyl sites for hydroxylation is 1. The average Bonchev–Trinajstić information content (AvgIpc) is 3.29. The van der Waals surface area contributed by atoms with E-state index in [2.05, 4.69) is 5.32 Å². The highest BCUT2D eigenvalue weighted by Gasteiger charge is 2.30. The number of amides is 1. The Hall–Kier alpha value is -4.54. The van der Waals surface area contributed by atoms with Crippen molar-refractivity contribution in [1.29, 1.82) is 0 Å². The lowest BCUT2D eigenvalue weighted by Crippen LogP contribution is -2.29. The summed E-state index contributed by atoms with van der Waals surface area (Å²) in [6.07, 6.45) is 8.85. The molecular formula is C35H43NO10. The maximum atomic E-state index is 13.1. The fourth-order valence-electron chi connectivity index (χ4n) is 5.93. The van der Waals surface area contributed by atoms with Gasteiger partial charge in [0.25, 0.3) is 0 Å². The lowest BCUT2D eigenvalue weighted by atomic mass is 9.95. The fraction of sp³-hybridized carbons (Fsp3) is 0.486. The van der Waals surface area contributed by atoms with Gasteiger partial charge in [-0.1, -0.05) is 12.1 Å². The van der Waals surface area contributed by atoms with Gasteiger partial charge in [0.2, 0.25) is 17.1 Å². The summed E-state index contributed by atoms with van der Waals surface area (Å²) in [5, 5.41) is 3.08. The van der Waals surface area contributed by atoms with Crippen molar-refractivity contribution in [3.63, 3.8) is 0 Å². The van der Waals surface area contributed by atoms with E-state index in [1.54, 1.807) is 26.4 Å². The van der Waals surface area contributed by atoms with Crippen molar-refractivity contribution in [2.75, 3.05) is 35.0 Å². The summed E-state index contributed by atoms with van der Waals surface area (Å²) in [5.74, 6) is 0.700. The largest absolute Gasteiger partial charge is 0.493 e. The molecule has 0 fully saturated rings. The summed E-state index contributed by atoms with van der Waals surface area (Å²) in [5.41, 5.74) is 2.69. The topological polar surface area (TPSA) is 136 Å². The highest BCUT2D eigenvalue weighted by atomic mass is 16.5. The molecule has 1 N–H and O–H groups in total. The number of fused-ring (bicyclic) bond motifs is 3. The van der Waals surface area contributed by atoms with E-state index in [9.17, 15) is 19.2 Å². The Morgan fingerprint density at radius 1 is 0.891 bits per heavy atom. The summed E-state index contributed by atoms with van der Waals surface area (Å²) in [6.45, 7) is 0.311. The van der Waals surface area contributed by atoms with E-state index >= 15 is 0 Å². The normalized spacial score (nSPS) is 16.7. The molecule has 248 valence electrons. The molecule has 1 aliphatic carbocycles. The summed E-state index contributed by atoms with van der Waals surface area (Å²) in [7, 11) is 6.07. The monoisotopic (exact) mass is 637 g/mol. The van der Waals surface area contributed by atoms with Crippen molar-refractivity contribution < 1.29 is 42.8 Å². The maximum Gasteiger partial charge on any atom is 0.330 e. The van der Waals surface area contributed by atoms with E-state index in [1.165, 1.54) is 26.4 Å². The molecule has 11 heteroatoms. The highest BCUT2D eigenvalue weighted by Crippen LogP contribution is 2.50. The SMILES string of the molecule is COc1cc2c(c(OC)c1OC)-c1ccc(OC)c(=O)cc1[C@@H](NC(=O)CCCC(=O)OCCCCC[C@H]1CC=CC(=O)O1)CC2. The van der Waals surface area contributed by atoms with Crippen molar-refractivity contribution in [3.8, 4) is 34.1 Å². The Labute approximate surface area is 269 Å². The molecule has 0 spiro atoms. The van der Waals surface area contributed by atoms with Gasteiger partial charge >= 0.3 is 11.9 Å². The molecular weight excluding hydrogens is 594 g/mol. The summed E-state index contributed by atoms with van der Waals surface area (Å²) >= 11 is 0. The molecule has 0 aromatic heterocycles. The maximum absolute atomic E-state index is 13.1. The van der Waals surface area contributed by atoms with Crippen LogP contribution in [0.25, 0.3) is 11.1 Å². The van der Waals surface area contributed by atoms with Crippen LogP contribution in [0.3, 0.4) is 0 Å². The van der Waals surface area contributed by atoms with Crippen LogP contribution >= 0.6 is 0 Å². The minimum Gasteiger partial charge on any atom is -0.493 e. The molecule has 2 aromatic rings. The Morgan fingerprint density at radius 3 is 2.39 bits per heavy atom. The lowest BCUT2D eigenvalue weighted by molar-refractivity contribution is -0.145. The third-order valence-corrected chi connectivity index (χ3v) is 8.21. The van der Waals surface area contributed by atoms with Crippen molar-refractivity contribution in [2.24, 2.45) is 0 Å². The second kappa shape index (κ2) is 16.7. The number of unbranched alkanes of at least 4 members (excludes halogenated alkanes) is 2. The van der Waals surface area contributed by atoms with Gasteiger partial charge in [0.15, 0.2) is 17.2 Å². The third kappa shape index (κ3) is 8.58. The van der Waals surface area contributed by atoms with Crippen LogP contribution in [-0.2, 0) is 30.3 Å². The molecule has 0 unspecified atom stereocenters. The van der Waals surface area contributed by atoms with Gasteiger partial charge in [0, 0.05) is 30.9 Å². The Bertz CT molecular complexity index is 1500. The number of hydrogen-bond donors (Lipinski definition) is 1. The van der Waals surface area contributed by atoms with Crippen molar-refractivity contribution >= 4 is 17.8 Å². The van der Waals surface area contributed by atoms with Crippen LogP contribution in [0.4, 0.5) is 0 Å². The van der Waals surface area contributed by atoms with Gasteiger partial charge in [-0.25, -0.2) is 4.79 Å². The predicted molar refractivity (Wildman–Crippen MR) is 170 cm³/mol. The first-order chi connectivity index (χ1) is 22.3. The van der Waals surface area contributed by atoms with Crippen LogP contribution < -0.4 is 29.7 Å². The predicted octanol–water partition coefficient (Wildman–Crippen LogP) is 5.00. The first-order valence-electron chi connectivity index (χ1n) is 15.7. The van der Waals surface area contributed by atoms with Crippen LogP contribution in [0.2, 0.25) is 0 Å². The Morgan fingerprint density at radius 2 is 1.67 bits per heavy atom. The minimum absolute atomic E-state index is 0.0733. The van der Waals surface area contributed by atoms with Gasteiger partial charge in [-0.05, 0) is 79.8 Å². The average molecular weight is 638 g/mol. The standard InChI is InChI=1S/C35H43NO10/c1-41-28-18-16-24-25(21-27(28)37)26(17-15-22-20-29(42-2)34(43-3)35(44-4)33(22)24)36-30(38)12-9-13-31(39)45-19-7-5-6-10-23-11-8-14-32(40)46-23/h8,14,16,18,20-21,23,26H,5-7,9-13,15,17,19H2,1-4H3,(H,36,38)/t23-,26-/m0/s1. The third-order valence-electron chi connectivity index (χ3n) is 8.21. The molecule has 2 aliphatic rings. The zero-order valence-electron chi connectivity index (χ0n) is 27.0. The molecule has 1 heterocycles. The van der Waals surface area contributed by atoms with Crippen LogP contribution in [0.1, 0.15) is 75.0 Å². The number of carbonyl (C=O) groups excluding carboxylic acids is 3. The van der Waals surface area contributed by atoms with E-state index in [4.69, 9.17) is 28.4 Å². The molecule has 4 rings (SSSR count). The van der Waals surface area contributed by atoms with Gasteiger partial charge in [-0.2, -0.15) is 0 Å². The number of nitrogens with one attached hydrogen (secondary N) is 1. The minimum atomic E-state index is -0.485. The highest BCUT2D eigenvalue weighted by molar-refractivity contribution is 5.84. The molecule has 0 saturated carbocycles. The molecule has 0 bridgehead atoms. The van der Waals surface area contributed by atoms with Gasteiger partial charge in [-0.3, -0.25) is 14.4 Å². The number of ether oxygens (including phenoxy) is 6. The van der Waals surface area contributed by atoms with E-state index in [0.717, 1.165) is 43.2 Å². The molecule has 46 heavy (non-hydrogen) atoms. The second-order valence-corrected chi connectivity index (χ2v) is 11.2. The quantitative estimate of drug-likeness (QED) is 0.210. The molecule has 0 saturated heterocycles. The molecule has 2 atom stereocenters. The second-order valence-electron chi connectivity index (χ2n) is 11.2. The van der Waals surface area contributed by atoms with Crippen LogP contribution in [0.15, 0.2) is 41.2 Å². The van der Waals surface area contributed by atoms with Crippen molar-refractivity contribution in [1.82, 2.24) is 5.32 Å². The lowest BCUT2D eigenvalue weighted by Gasteiger charge is -2.20.